The van der Waals surface area contributed by atoms with Gasteiger partial charge in [-0.3, -0.25) is 4.57 Å². The Morgan fingerprint density at radius 3 is 2.84 bits per heavy atom. The van der Waals surface area contributed by atoms with Gasteiger partial charge < -0.3 is 14.9 Å². The van der Waals surface area contributed by atoms with E-state index in [-0.39, 0.29) is 0 Å². The fourth-order valence-electron chi connectivity index (χ4n) is 3.90. The summed E-state index contributed by atoms with van der Waals surface area (Å²) >= 11 is 0. The monoisotopic (exact) mass is 414 g/mol. The number of imidazole rings is 2. The summed E-state index contributed by atoms with van der Waals surface area (Å²) in [4.78, 5) is 21.9. The zero-order valence-corrected chi connectivity index (χ0v) is 18.0. The molecule has 2 N–H and O–H groups in total. The Bertz CT molecular complexity index is 1340. The number of anilines is 1. The molecule has 0 fully saturated rings. The maximum absolute atomic E-state index is 4.83. The van der Waals surface area contributed by atoms with Crippen LogP contribution in [-0.2, 0) is 6.42 Å². The van der Waals surface area contributed by atoms with Crippen LogP contribution in [0.1, 0.15) is 37.7 Å². The van der Waals surface area contributed by atoms with E-state index in [1.165, 1.54) is 10.9 Å². The van der Waals surface area contributed by atoms with Crippen molar-refractivity contribution >= 4 is 27.9 Å². The maximum atomic E-state index is 4.83. The van der Waals surface area contributed by atoms with Crippen LogP contribution in [0.25, 0.3) is 28.0 Å². The van der Waals surface area contributed by atoms with Crippen molar-refractivity contribution in [2.75, 3.05) is 11.9 Å². The Morgan fingerprint density at radius 1 is 1.16 bits per heavy atom. The summed E-state index contributed by atoms with van der Waals surface area (Å²) in [5, 5.41) is 4.77. The molecule has 0 spiro atoms. The lowest BCUT2D eigenvalue weighted by Crippen LogP contribution is -2.12. The van der Waals surface area contributed by atoms with Crippen LogP contribution >= 0.6 is 0 Å². The normalized spacial score (nSPS) is 12.6. The van der Waals surface area contributed by atoms with E-state index in [0.717, 1.165) is 47.7 Å². The summed E-state index contributed by atoms with van der Waals surface area (Å²) in [6.45, 7) is 7.03. The van der Waals surface area contributed by atoms with Crippen LogP contribution in [0.4, 0.5) is 5.82 Å². The number of nitrogens with one attached hydrogen (secondary N) is 2. The molecule has 4 aromatic heterocycles. The average molecular weight is 415 g/mol. The summed E-state index contributed by atoms with van der Waals surface area (Å²) < 4.78 is 4.02. The van der Waals surface area contributed by atoms with Crippen LogP contribution in [0.15, 0.2) is 49.2 Å². The first-order valence-corrected chi connectivity index (χ1v) is 10.7. The van der Waals surface area contributed by atoms with Crippen molar-refractivity contribution in [1.82, 2.24) is 34.1 Å². The Balaban J connectivity index is 1.49. The highest BCUT2D eigenvalue weighted by Gasteiger charge is 2.17. The number of aryl methyl sites for hydroxylation is 1. The van der Waals surface area contributed by atoms with Crippen LogP contribution in [0, 0.1) is 6.92 Å². The van der Waals surface area contributed by atoms with Gasteiger partial charge in [0.2, 0.25) is 5.95 Å². The van der Waals surface area contributed by atoms with E-state index < -0.39 is 0 Å². The number of hydrogen-bond acceptors (Lipinski definition) is 5. The number of hydrogen-bond donors (Lipinski definition) is 2. The van der Waals surface area contributed by atoms with Gasteiger partial charge >= 0.3 is 0 Å². The molecule has 0 bridgehead atoms. The molecule has 1 aromatic carbocycles. The number of rotatable bonds is 7. The number of H-pyrrole nitrogens is 1. The number of aromatic nitrogens is 7. The summed E-state index contributed by atoms with van der Waals surface area (Å²) in [5.74, 6) is 2.19. The molecule has 0 saturated heterocycles. The fraction of sp³-hybridized carbons (Fsp3) is 0.304. The molecule has 158 valence electrons. The molecule has 8 heteroatoms. The van der Waals surface area contributed by atoms with E-state index in [1.54, 1.807) is 6.20 Å². The number of nitrogens with zero attached hydrogens (tertiary/aromatic N) is 6. The van der Waals surface area contributed by atoms with Gasteiger partial charge in [-0.05, 0) is 38.3 Å². The minimum atomic E-state index is 0.302. The highest BCUT2D eigenvalue weighted by Crippen LogP contribution is 2.25. The van der Waals surface area contributed by atoms with Crippen LogP contribution in [0.5, 0.6) is 0 Å². The minimum absolute atomic E-state index is 0.302. The van der Waals surface area contributed by atoms with Gasteiger partial charge in [-0.2, -0.15) is 9.97 Å². The third kappa shape index (κ3) is 3.43. The van der Waals surface area contributed by atoms with Crippen LogP contribution in [0.3, 0.4) is 0 Å². The van der Waals surface area contributed by atoms with Crippen LogP contribution in [0.2, 0.25) is 0 Å². The number of aromatic amines is 1. The summed E-state index contributed by atoms with van der Waals surface area (Å²) in [5.41, 5.74) is 4.07. The van der Waals surface area contributed by atoms with Crippen molar-refractivity contribution in [3.63, 3.8) is 0 Å². The molecular formula is C23H26N8. The molecule has 0 radical (unpaired) electrons. The average Bonchev–Trinajstić information content (AvgIpc) is 3.51. The zero-order valence-electron chi connectivity index (χ0n) is 18.0. The van der Waals surface area contributed by atoms with E-state index in [2.05, 4.69) is 63.1 Å². The third-order valence-corrected chi connectivity index (χ3v) is 5.88. The Morgan fingerprint density at radius 2 is 2.03 bits per heavy atom. The second-order valence-electron chi connectivity index (χ2n) is 7.83. The zero-order chi connectivity index (χ0) is 21.4. The summed E-state index contributed by atoms with van der Waals surface area (Å²) in [6.07, 6.45) is 9.47. The van der Waals surface area contributed by atoms with E-state index in [9.17, 15) is 0 Å². The van der Waals surface area contributed by atoms with Gasteiger partial charge in [0, 0.05) is 42.1 Å². The van der Waals surface area contributed by atoms with Gasteiger partial charge in [-0.15, -0.1) is 0 Å². The SMILES string of the molecule is CCC(C)n1cnc2c(NCCc3c[nH]c4ccccc34)nc(-n3ccnc3C)nc21. The predicted octanol–water partition coefficient (Wildman–Crippen LogP) is 4.43. The largest absolute Gasteiger partial charge is 0.368 e. The van der Waals surface area contributed by atoms with Gasteiger partial charge in [-0.1, -0.05) is 25.1 Å². The molecular weight excluding hydrogens is 388 g/mol. The van der Waals surface area contributed by atoms with E-state index in [4.69, 9.17) is 9.97 Å². The van der Waals surface area contributed by atoms with E-state index in [1.807, 2.05) is 30.1 Å². The molecule has 5 aromatic rings. The second kappa shape index (κ2) is 7.86. The van der Waals surface area contributed by atoms with Crippen molar-refractivity contribution in [1.29, 1.82) is 0 Å². The first-order chi connectivity index (χ1) is 15.2. The van der Waals surface area contributed by atoms with Gasteiger partial charge in [0.1, 0.15) is 5.82 Å². The van der Waals surface area contributed by atoms with Gasteiger partial charge in [0.15, 0.2) is 17.0 Å². The van der Waals surface area contributed by atoms with E-state index >= 15 is 0 Å². The molecule has 31 heavy (non-hydrogen) atoms. The smallest absolute Gasteiger partial charge is 0.239 e. The molecule has 1 atom stereocenters. The van der Waals surface area contributed by atoms with Crippen LogP contribution in [-0.4, -0.2) is 40.6 Å². The highest BCUT2D eigenvalue weighted by molar-refractivity contribution is 5.84. The fourth-order valence-corrected chi connectivity index (χ4v) is 3.90. The minimum Gasteiger partial charge on any atom is -0.368 e. The maximum Gasteiger partial charge on any atom is 0.239 e. The topological polar surface area (TPSA) is 89.2 Å². The van der Waals surface area contributed by atoms with E-state index in [0.29, 0.717) is 12.0 Å². The quantitative estimate of drug-likeness (QED) is 0.411. The number of benzene rings is 1. The van der Waals surface area contributed by atoms with Gasteiger partial charge in [-0.25, -0.2) is 9.97 Å². The first kappa shape index (κ1) is 19.3. The third-order valence-electron chi connectivity index (χ3n) is 5.88. The molecule has 0 aliphatic heterocycles. The molecule has 0 aliphatic carbocycles. The molecule has 0 aliphatic rings. The van der Waals surface area contributed by atoms with Gasteiger partial charge in [0.05, 0.1) is 6.33 Å². The van der Waals surface area contributed by atoms with Crippen LogP contribution < -0.4 is 5.32 Å². The van der Waals surface area contributed by atoms with Crippen molar-refractivity contribution in [3.05, 3.63) is 60.6 Å². The predicted molar refractivity (Wildman–Crippen MR) is 123 cm³/mol. The Hall–Kier alpha value is -3.68. The summed E-state index contributed by atoms with van der Waals surface area (Å²) in [6, 6.07) is 8.67. The lowest BCUT2D eigenvalue weighted by molar-refractivity contribution is 0.540. The molecule has 1 unspecified atom stereocenters. The molecule has 5 rings (SSSR count). The summed E-state index contributed by atoms with van der Waals surface area (Å²) in [7, 11) is 0. The lowest BCUT2D eigenvalue weighted by Gasteiger charge is -2.13. The molecule has 0 amide bonds. The van der Waals surface area contributed by atoms with Gasteiger partial charge in [0.25, 0.3) is 0 Å². The Labute approximate surface area is 180 Å². The number of para-hydroxylation sites is 1. The second-order valence-corrected chi connectivity index (χ2v) is 7.83. The molecule has 0 saturated carbocycles. The molecule has 8 nitrogen and oxygen atoms in total. The van der Waals surface area contributed by atoms with Crippen molar-refractivity contribution in [2.45, 2.75) is 39.7 Å². The van der Waals surface area contributed by atoms with Crippen molar-refractivity contribution < 1.29 is 0 Å². The first-order valence-electron chi connectivity index (χ1n) is 10.7. The number of fused-ring (bicyclic) bond motifs is 2. The van der Waals surface area contributed by atoms with Crippen molar-refractivity contribution in [2.24, 2.45) is 0 Å². The molecule has 4 heterocycles. The highest BCUT2D eigenvalue weighted by atomic mass is 15.3. The standard InChI is InChI=1S/C23H26N8/c1-4-15(2)31-14-27-20-21(28-23(29-22(20)31)30-12-11-24-16(30)3)25-10-9-17-13-26-19-8-6-5-7-18(17)19/h5-8,11-15,26H,4,9-10H2,1-3H3,(H,25,28,29). The Kier molecular flexibility index (Phi) is 4.89. The lowest BCUT2D eigenvalue weighted by atomic mass is 10.1. The van der Waals surface area contributed by atoms with Crippen molar-refractivity contribution in [3.8, 4) is 5.95 Å².